The number of nitrogens with one attached hydrogen (secondary N) is 2. The van der Waals surface area contributed by atoms with Crippen LogP contribution in [0.15, 0.2) is 34.9 Å². The minimum absolute atomic E-state index is 0.125. The number of rotatable bonds is 6. The van der Waals surface area contributed by atoms with E-state index in [2.05, 4.69) is 36.9 Å². The Morgan fingerprint density at radius 3 is 3.05 bits per heavy atom. The van der Waals surface area contributed by atoms with Gasteiger partial charge >= 0.3 is 0 Å². The van der Waals surface area contributed by atoms with Crippen molar-refractivity contribution in [1.29, 1.82) is 0 Å². The van der Waals surface area contributed by atoms with Gasteiger partial charge in [0.15, 0.2) is 0 Å². The van der Waals surface area contributed by atoms with Gasteiger partial charge in [-0.25, -0.2) is 4.68 Å². The SMILES string of the molecule is O=C(Cn1cc(CNC2CC2)nn1)Nc1cccc(Br)c1. The highest BCUT2D eigenvalue weighted by atomic mass is 79.9. The monoisotopic (exact) mass is 349 g/mol. The molecule has 0 bridgehead atoms. The van der Waals surface area contributed by atoms with Crippen LogP contribution in [0.3, 0.4) is 0 Å². The predicted octanol–water partition coefficient (Wildman–Crippen LogP) is 1.93. The van der Waals surface area contributed by atoms with Crippen LogP contribution in [0, 0.1) is 0 Å². The third-order valence-corrected chi connectivity index (χ3v) is 3.64. The second-order valence-corrected chi connectivity index (χ2v) is 6.04. The van der Waals surface area contributed by atoms with Gasteiger partial charge in [-0.3, -0.25) is 4.79 Å². The van der Waals surface area contributed by atoms with E-state index in [0.717, 1.165) is 15.9 Å². The van der Waals surface area contributed by atoms with Gasteiger partial charge < -0.3 is 10.6 Å². The molecule has 0 unspecified atom stereocenters. The van der Waals surface area contributed by atoms with Crippen LogP contribution >= 0.6 is 15.9 Å². The number of nitrogens with zero attached hydrogens (tertiary/aromatic N) is 3. The topological polar surface area (TPSA) is 71.8 Å². The molecule has 0 aliphatic heterocycles. The van der Waals surface area contributed by atoms with Crippen LogP contribution in [-0.4, -0.2) is 26.9 Å². The molecule has 1 heterocycles. The number of anilines is 1. The van der Waals surface area contributed by atoms with Crippen LogP contribution in [-0.2, 0) is 17.9 Å². The summed E-state index contributed by atoms with van der Waals surface area (Å²) in [5, 5.41) is 14.2. The molecule has 1 aromatic carbocycles. The van der Waals surface area contributed by atoms with E-state index in [-0.39, 0.29) is 12.5 Å². The molecule has 1 saturated carbocycles. The van der Waals surface area contributed by atoms with Gasteiger partial charge in [0.1, 0.15) is 6.54 Å². The van der Waals surface area contributed by atoms with Crippen LogP contribution in [0.2, 0.25) is 0 Å². The molecular weight excluding hydrogens is 334 g/mol. The minimum Gasteiger partial charge on any atom is -0.324 e. The fourth-order valence-electron chi connectivity index (χ4n) is 1.95. The second kappa shape index (κ2) is 6.36. The standard InChI is InChI=1S/C14H16BrN5O/c15-10-2-1-3-12(6-10)17-14(21)9-20-8-13(18-19-20)7-16-11-4-5-11/h1-3,6,8,11,16H,4-5,7,9H2,(H,17,21). The predicted molar refractivity (Wildman–Crippen MR) is 82.7 cm³/mol. The van der Waals surface area contributed by atoms with Gasteiger partial charge in [0.05, 0.1) is 11.9 Å². The molecular formula is C14H16BrN5O. The highest BCUT2D eigenvalue weighted by molar-refractivity contribution is 9.10. The lowest BCUT2D eigenvalue weighted by atomic mass is 10.3. The number of hydrogen-bond acceptors (Lipinski definition) is 4. The zero-order valence-electron chi connectivity index (χ0n) is 11.4. The molecule has 21 heavy (non-hydrogen) atoms. The first-order valence-electron chi connectivity index (χ1n) is 6.87. The Labute approximate surface area is 131 Å². The van der Waals surface area contributed by atoms with Crippen molar-refractivity contribution in [3.05, 3.63) is 40.6 Å². The summed E-state index contributed by atoms with van der Waals surface area (Å²) >= 11 is 3.37. The molecule has 7 heteroatoms. The summed E-state index contributed by atoms with van der Waals surface area (Å²) in [5.41, 5.74) is 1.61. The van der Waals surface area contributed by atoms with Crippen molar-refractivity contribution in [2.45, 2.75) is 32.0 Å². The number of benzene rings is 1. The molecule has 110 valence electrons. The quantitative estimate of drug-likeness (QED) is 0.835. The maximum atomic E-state index is 11.9. The molecule has 1 aliphatic carbocycles. The molecule has 0 atom stereocenters. The highest BCUT2D eigenvalue weighted by Crippen LogP contribution is 2.19. The Hall–Kier alpha value is -1.73. The van der Waals surface area contributed by atoms with Gasteiger partial charge in [-0.15, -0.1) is 5.10 Å². The summed E-state index contributed by atoms with van der Waals surface area (Å²) in [6, 6.07) is 8.11. The first kappa shape index (κ1) is 14.2. The molecule has 1 amide bonds. The molecule has 0 spiro atoms. The summed E-state index contributed by atoms with van der Waals surface area (Å²) in [6.07, 6.45) is 4.28. The molecule has 1 aromatic heterocycles. The van der Waals surface area contributed by atoms with Crippen LogP contribution in [0.5, 0.6) is 0 Å². The summed E-state index contributed by atoms with van der Waals surface area (Å²) in [5.74, 6) is -0.125. The summed E-state index contributed by atoms with van der Waals surface area (Å²) in [6.45, 7) is 0.862. The number of hydrogen-bond donors (Lipinski definition) is 2. The van der Waals surface area contributed by atoms with E-state index < -0.39 is 0 Å². The zero-order chi connectivity index (χ0) is 14.7. The van der Waals surface area contributed by atoms with Crippen molar-refractivity contribution in [3.63, 3.8) is 0 Å². The minimum atomic E-state index is -0.125. The molecule has 3 rings (SSSR count). The lowest BCUT2D eigenvalue weighted by Crippen LogP contribution is -2.19. The third-order valence-electron chi connectivity index (χ3n) is 3.15. The van der Waals surface area contributed by atoms with Crippen molar-refractivity contribution in [2.75, 3.05) is 5.32 Å². The van der Waals surface area contributed by atoms with E-state index in [1.54, 1.807) is 10.9 Å². The van der Waals surface area contributed by atoms with Gasteiger partial charge in [-0.1, -0.05) is 27.2 Å². The largest absolute Gasteiger partial charge is 0.324 e. The summed E-state index contributed by atoms with van der Waals surface area (Å²) in [7, 11) is 0. The van der Waals surface area contributed by atoms with Crippen molar-refractivity contribution in [2.24, 2.45) is 0 Å². The zero-order valence-corrected chi connectivity index (χ0v) is 13.0. The van der Waals surface area contributed by atoms with E-state index in [1.807, 2.05) is 24.3 Å². The van der Waals surface area contributed by atoms with Gasteiger partial charge in [0.25, 0.3) is 0 Å². The third kappa shape index (κ3) is 4.37. The molecule has 6 nitrogen and oxygen atoms in total. The van der Waals surface area contributed by atoms with Crippen molar-refractivity contribution in [3.8, 4) is 0 Å². The van der Waals surface area contributed by atoms with Gasteiger partial charge in [-0.2, -0.15) is 0 Å². The normalized spacial score (nSPS) is 14.1. The lowest BCUT2D eigenvalue weighted by molar-refractivity contribution is -0.116. The average Bonchev–Trinajstić information content (AvgIpc) is 3.17. The first-order valence-corrected chi connectivity index (χ1v) is 7.66. The van der Waals surface area contributed by atoms with E-state index in [4.69, 9.17) is 0 Å². The second-order valence-electron chi connectivity index (χ2n) is 5.12. The van der Waals surface area contributed by atoms with E-state index in [0.29, 0.717) is 12.6 Å². The van der Waals surface area contributed by atoms with Crippen LogP contribution in [0.1, 0.15) is 18.5 Å². The number of carbonyl (C=O) groups excluding carboxylic acids is 1. The highest BCUT2D eigenvalue weighted by Gasteiger charge is 2.20. The maximum Gasteiger partial charge on any atom is 0.246 e. The van der Waals surface area contributed by atoms with Crippen molar-refractivity contribution >= 4 is 27.5 Å². The van der Waals surface area contributed by atoms with Crippen molar-refractivity contribution < 1.29 is 4.79 Å². The molecule has 2 aromatic rings. The fourth-order valence-corrected chi connectivity index (χ4v) is 2.35. The molecule has 0 radical (unpaired) electrons. The lowest BCUT2D eigenvalue weighted by Gasteiger charge is -2.05. The van der Waals surface area contributed by atoms with E-state index in [1.165, 1.54) is 12.8 Å². The Bertz CT molecular complexity index is 638. The number of amides is 1. The first-order chi connectivity index (χ1) is 10.2. The summed E-state index contributed by atoms with van der Waals surface area (Å²) < 4.78 is 2.48. The number of aromatic nitrogens is 3. The van der Waals surface area contributed by atoms with E-state index in [9.17, 15) is 4.79 Å². The van der Waals surface area contributed by atoms with Gasteiger partial charge in [-0.05, 0) is 31.0 Å². The van der Waals surface area contributed by atoms with Crippen LogP contribution < -0.4 is 10.6 Å². The smallest absolute Gasteiger partial charge is 0.246 e. The van der Waals surface area contributed by atoms with Gasteiger partial charge in [0, 0.05) is 22.7 Å². The molecule has 2 N–H and O–H groups in total. The molecule has 0 saturated heterocycles. The van der Waals surface area contributed by atoms with Crippen molar-refractivity contribution in [1.82, 2.24) is 20.3 Å². The Morgan fingerprint density at radius 2 is 2.29 bits per heavy atom. The summed E-state index contributed by atoms with van der Waals surface area (Å²) in [4.78, 5) is 11.9. The van der Waals surface area contributed by atoms with Crippen LogP contribution in [0.4, 0.5) is 5.69 Å². The Kier molecular flexibility index (Phi) is 4.31. The Balaban J connectivity index is 1.51. The molecule has 1 aliphatic rings. The van der Waals surface area contributed by atoms with E-state index >= 15 is 0 Å². The van der Waals surface area contributed by atoms with Gasteiger partial charge in [0.2, 0.25) is 5.91 Å². The average molecular weight is 350 g/mol. The number of carbonyl (C=O) groups is 1. The maximum absolute atomic E-state index is 11.9. The number of halogens is 1. The van der Waals surface area contributed by atoms with Crippen LogP contribution in [0.25, 0.3) is 0 Å². The fraction of sp³-hybridized carbons (Fsp3) is 0.357. The Morgan fingerprint density at radius 1 is 1.43 bits per heavy atom. The molecule has 1 fully saturated rings.